The smallest absolute Gasteiger partial charge is 0.321 e. The zero-order chi connectivity index (χ0) is 17.6. The molecule has 3 rings (SSSR count). The Hall–Kier alpha value is -0.950. The number of rotatable bonds is 6. The maximum Gasteiger partial charge on any atom is 0.321 e. The second kappa shape index (κ2) is 9.12. The summed E-state index contributed by atoms with van der Waals surface area (Å²) in [5.41, 5.74) is 1.19. The molecule has 25 heavy (non-hydrogen) atoms. The number of methoxy groups -OCH3 is 1. The Morgan fingerprint density at radius 3 is 2.56 bits per heavy atom. The summed E-state index contributed by atoms with van der Waals surface area (Å²) in [7, 11) is 1.59. The van der Waals surface area contributed by atoms with Crippen molar-refractivity contribution in [3.63, 3.8) is 0 Å². The van der Waals surface area contributed by atoms with Gasteiger partial charge in [0.1, 0.15) is 0 Å². The highest BCUT2D eigenvalue weighted by Crippen LogP contribution is 2.46. The van der Waals surface area contributed by atoms with Gasteiger partial charge < -0.3 is 9.47 Å². The molecular formula is C18H17ClO3S3. The van der Waals surface area contributed by atoms with Crippen LogP contribution in [0.15, 0.2) is 47.4 Å². The van der Waals surface area contributed by atoms with Crippen LogP contribution in [0.4, 0.5) is 0 Å². The molecule has 3 nitrogen and oxygen atoms in total. The van der Waals surface area contributed by atoms with Crippen molar-refractivity contribution in [3.8, 4) is 11.5 Å². The van der Waals surface area contributed by atoms with E-state index in [9.17, 15) is 4.79 Å². The van der Waals surface area contributed by atoms with Crippen LogP contribution in [0.2, 0.25) is 5.02 Å². The van der Waals surface area contributed by atoms with Crippen LogP contribution in [0, 0.1) is 0 Å². The highest BCUT2D eigenvalue weighted by Gasteiger charge is 2.20. The largest absolute Gasteiger partial charge is 0.493 e. The summed E-state index contributed by atoms with van der Waals surface area (Å²) in [6, 6.07) is 13.2. The predicted octanol–water partition coefficient (Wildman–Crippen LogP) is 5.52. The molecule has 0 aliphatic carbocycles. The van der Waals surface area contributed by atoms with Gasteiger partial charge in [0.25, 0.3) is 0 Å². The zero-order valence-electron chi connectivity index (χ0n) is 13.6. The van der Waals surface area contributed by atoms with Crippen LogP contribution in [0.25, 0.3) is 0 Å². The van der Waals surface area contributed by atoms with Crippen molar-refractivity contribution < 1.29 is 14.3 Å². The van der Waals surface area contributed by atoms with Crippen molar-refractivity contribution in [2.45, 2.75) is 9.48 Å². The van der Waals surface area contributed by atoms with Crippen molar-refractivity contribution in [2.75, 3.05) is 24.4 Å². The third-order valence-electron chi connectivity index (χ3n) is 3.48. The van der Waals surface area contributed by atoms with Crippen molar-refractivity contribution in [2.24, 2.45) is 0 Å². The van der Waals surface area contributed by atoms with Gasteiger partial charge in [-0.1, -0.05) is 17.7 Å². The van der Waals surface area contributed by atoms with E-state index in [1.807, 2.05) is 53.9 Å². The highest BCUT2D eigenvalue weighted by molar-refractivity contribution is 8.19. The van der Waals surface area contributed by atoms with E-state index < -0.39 is 0 Å². The highest BCUT2D eigenvalue weighted by atomic mass is 35.5. The topological polar surface area (TPSA) is 35.5 Å². The fraction of sp³-hybridized carbons (Fsp3) is 0.278. The third kappa shape index (κ3) is 5.26. The third-order valence-corrected chi connectivity index (χ3v) is 7.82. The molecule has 0 saturated carbocycles. The lowest BCUT2D eigenvalue weighted by molar-refractivity contribution is -0.131. The molecule has 1 saturated heterocycles. The Kier molecular flexibility index (Phi) is 6.87. The lowest BCUT2D eigenvalue weighted by Gasteiger charge is -2.13. The molecule has 132 valence electrons. The maximum absolute atomic E-state index is 12.1. The van der Waals surface area contributed by atoms with Crippen molar-refractivity contribution in [1.29, 1.82) is 0 Å². The molecule has 1 heterocycles. The summed E-state index contributed by atoms with van der Waals surface area (Å²) in [5, 5.41) is 0.676. The van der Waals surface area contributed by atoms with Crippen LogP contribution in [0.5, 0.6) is 11.5 Å². The SMILES string of the molecule is COc1cc(C2SCCS2)ccc1OC(=O)CSc1ccc(Cl)cc1. The Morgan fingerprint density at radius 1 is 1.16 bits per heavy atom. The molecule has 0 unspecified atom stereocenters. The lowest BCUT2D eigenvalue weighted by atomic mass is 10.2. The number of benzene rings is 2. The first-order valence-corrected chi connectivity index (χ1v) is 11.1. The van der Waals surface area contributed by atoms with E-state index in [1.165, 1.54) is 17.3 Å². The molecule has 7 heteroatoms. The van der Waals surface area contributed by atoms with E-state index in [0.717, 1.165) is 16.4 Å². The van der Waals surface area contributed by atoms with Crippen LogP contribution in [0.3, 0.4) is 0 Å². The molecule has 2 aromatic rings. The van der Waals surface area contributed by atoms with Crippen molar-refractivity contribution in [3.05, 3.63) is 53.1 Å². The van der Waals surface area contributed by atoms with Gasteiger partial charge in [0.15, 0.2) is 11.5 Å². The van der Waals surface area contributed by atoms with Gasteiger partial charge in [0.05, 0.1) is 17.4 Å². The van der Waals surface area contributed by atoms with Crippen LogP contribution in [-0.4, -0.2) is 30.3 Å². The average Bonchev–Trinajstić information content (AvgIpc) is 3.16. The van der Waals surface area contributed by atoms with E-state index in [2.05, 4.69) is 0 Å². The van der Waals surface area contributed by atoms with E-state index in [0.29, 0.717) is 21.1 Å². The Bertz CT molecular complexity index is 731. The Balaban J connectivity index is 1.60. The summed E-state index contributed by atoms with van der Waals surface area (Å²) in [6.07, 6.45) is 0. The Morgan fingerprint density at radius 2 is 1.88 bits per heavy atom. The fourth-order valence-electron chi connectivity index (χ4n) is 2.29. The average molecular weight is 413 g/mol. The molecule has 0 atom stereocenters. The van der Waals surface area contributed by atoms with Gasteiger partial charge >= 0.3 is 5.97 Å². The molecule has 2 aromatic carbocycles. The molecule has 0 bridgehead atoms. The molecular weight excluding hydrogens is 396 g/mol. The quantitative estimate of drug-likeness (QED) is 0.353. The second-order valence-corrected chi connectivity index (χ2v) is 9.41. The minimum absolute atomic E-state index is 0.223. The minimum Gasteiger partial charge on any atom is -0.493 e. The van der Waals surface area contributed by atoms with Crippen molar-refractivity contribution >= 4 is 52.9 Å². The standard InChI is InChI=1S/C18H17ClO3S3/c1-21-16-10-12(18-23-8-9-24-18)2-7-15(16)22-17(20)11-25-14-5-3-13(19)4-6-14/h2-7,10,18H,8-9,11H2,1H3. The first-order chi connectivity index (χ1) is 12.2. The summed E-state index contributed by atoms with van der Waals surface area (Å²) in [5.74, 6) is 3.29. The predicted molar refractivity (Wildman–Crippen MR) is 108 cm³/mol. The summed E-state index contributed by atoms with van der Waals surface area (Å²) in [4.78, 5) is 13.1. The van der Waals surface area contributed by atoms with E-state index in [-0.39, 0.29) is 11.7 Å². The van der Waals surface area contributed by atoms with Crippen molar-refractivity contribution in [1.82, 2.24) is 0 Å². The van der Waals surface area contributed by atoms with Gasteiger partial charge in [-0.2, -0.15) is 0 Å². The maximum atomic E-state index is 12.1. The van der Waals surface area contributed by atoms with Crippen LogP contribution in [0.1, 0.15) is 10.1 Å². The number of hydrogen-bond donors (Lipinski definition) is 0. The van der Waals surface area contributed by atoms with E-state index in [1.54, 1.807) is 19.2 Å². The number of carbonyl (C=O) groups is 1. The van der Waals surface area contributed by atoms with Gasteiger partial charge in [-0.25, -0.2) is 0 Å². The monoisotopic (exact) mass is 412 g/mol. The van der Waals surface area contributed by atoms with Gasteiger partial charge in [-0.3, -0.25) is 4.79 Å². The molecule has 1 fully saturated rings. The lowest BCUT2D eigenvalue weighted by Crippen LogP contribution is -2.11. The van der Waals surface area contributed by atoms with Crippen LogP contribution < -0.4 is 9.47 Å². The number of esters is 1. The second-order valence-electron chi connectivity index (χ2n) is 5.20. The summed E-state index contributed by atoms with van der Waals surface area (Å²) >= 11 is 11.1. The molecule has 0 amide bonds. The molecule has 0 spiro atoms. The van der Waals surface area contributed by atoms with E-state index in [4.69, 9.17) is 21.1 Å². The van der Waals surface area contributed by atoms with Crippen LogP contribution in [-0.2, 0) is 4.79 Å². The molecule has 0 radical (unpaired) electrons. The first-order valence-electron chi connectivity index (χ1n) is 7.66. The fourth-order valence-corrected chi connectivity index (χ4v) is 5.93. The normalized spacial score (nSPS) is 14.5. The van der Waals surface area contributed by atoms with Gasteiger partial charge in [-0.15, -0.1) is 35.3 Å². The number of carbonyl (C=O) groups excluding carboxylic acids is 1. The summed E-state index contributed by atoms with van der Waals surface area (Å²) in [6.45, 7) is 0. The van der Waals surface area contributed by atoms with E-state index >= 15 is 0 Å². The minimum atomic E-state index is -0.310. The molecule has 0 aromatic heterocycles. The first kappa shape index (κ1) is 18.8. The van der Waals surface area contributed by atoms with Gasteiger partial charge in [-0.05, 0) is 42.0 Å². The summed E-state index contributed by atoms with van der Waals surface area (Å²) < 4.78 is 11.3. The van der Waals surface area contributed by atoms with Crippen LogP contribution >= 0.6 is 46.9 Å². The molecule has 0 N–H and O–H groups in total. The zero-order valence-corrected chi connectivity index (χ0v) is 16.8. The Labute approximate surface area is 165 Å². The number of halogens is 1. The number of ether oxygens (including phenoxy) is 2. The van der Waals surface area contributed by atoms with Gasteiger partial charge in [0, 0.05) is 21.4 Å². The molecule has 1 aliphatic heterocycles. The number of hydrogen-bond acceptors (Lipinski definition) is 6. The molecule has 1 aliphatic rings. The number of thioether (sulfide) groups is 3. The van der Waals surface area contributed by atoms with Gasteiger partial charge in [0.2, 0.25) is 0 Å².